The average molecular weight is 307 g/mol. The number of hydrogen-bond acceptors (Lipinski definition) is 4. The van der Waals surface area contributed by atoms with E-state index in [0.717, 1.165) is 11.1 Å². The minimum absolute atomic E-state index is 0.0297. The highest BCUT2D eigenvalue weighted by Crippen LogP contribution is 2.32. The van der Waals surface area contributed by atoms with E-state index in [1.54, 1.807) is 12.0 Å². The molecule has 1 heterocycles. The molecule has 1 aromatic rings. The van der Waals surface area contributed by atoms with Crippen LogP contribution in [0.15, 0.2) is 23.1 Å². The molecule has 1 fully saturated rings. The lowest BCUT2D eigenvalue weighted by molar-refractivity contribution is -0.122. The Labute approximate surface area is 129 Å². The van der Waals surface area contributed by atoms with Gasteiger partial charge in [0.2, 0.25) is 0 Å². The van der Waals surface area contributed by atoms with Crippen molar-refractivity contribution in [2.75, 3.05) is 20.3 Å². The van der Waals surface area contributed by atoms with Gasteiger partial charge < -0.3 is 4.74 Å². The van der Waals surface area contributed by atoms with Crippen LogP contribution in [-0.2, 0) is 9.53 Å². The molecule has 2 rings (SSSR count). The molecule has 3 nitrogen and oxygen atoms in total. The van der Waals surface area contributed by atoms with E-state index in [-0.39, 0.29) is 5.91 Å². The van der Waals surface area contributed by atoms with Gasteiger partial charge in [0.25, 0.3) is 5.91 Å². The number of benzene rings is 1. The van der Waals surface area contributed by atoms with Gasteiger partial charge in [0.15, 0.2) is 0 Å². The molecule has 1 aliphatic rings. The molecule has 0 saturated carbocycles. The van der Waals surface area contributed by atoms with Gasteiger partial charge in [-0.3, -0.25) is 9.69 Å². The van der Waals surface area contributed by atoms with Crippen molar-refractivity contribution in [1.29, 1.82) is 0 Å². The number of thiocarbonyl (C=S) groups is 1. The number of carbonyl (C=O) groups excluding carboxylic acids is 1. The minimum Gasteiger partial charge on any atom is -0.383 e. The Bertz CT molecular complexity index is 581. The lowest BCUT2D eigenvalue weighted by Gasteiger charge is -2.13. The number of rotatable bonds is 4. The molecular weight excluding hydrogens is 290 g/mol. The fourth-order valence-electron chi connectivity index (χ4n) is 1.93. The van der Waals surface area contributed by atoms with Crippen molar-refractivity contribution in [1.82, 2.24) is 4.90 Å². The molecule has 106 valence electrons. The van der Waals surface area contributed by atoms with Gasteiger partial charge in [-0.2, -0.15) is 0 Å². The summed E-state index contributed by atoms with van der Waals surface area (Å²) in [4.78, 5) is 14.6. The highest BCUT2D eigenvalue weighted by Gasteiger charge is 2.31. The Kier molecular flexibility index (Phi) is 4.96. The summed E-state index contributed by atoms with van der Waals surface area (Å²) in [6, 6.07) is 6.21. The summed E-state index contributed by atoms with van der Waals surface area (Å²) in [6.07, 6.45) is 1.93. The number of carbonyl (C=O) groups is 1. The van der Waals surface area contributed by atoms with Crippen LogP contribution in [0.2, 0.25) is 0 Å². The first-order valence-electron chi connectivity index (χ1n) is 6.34. The fourth-order valence-corrected chi connectivity index (χ4v) is 3.23. The number of hydrogen-bond donors (Lipinski definition) is 0. The van der Waals surface area contributed by atoms with E-state index in [0.29, 0.717) is 22.4 Å². The number of aryl methyl sites for hydroxylation is 2. The zero-order valence-electron chi connectivity index (χ0n) is 11.8. The van der Waals surface area contributed by atoms with Crippen molar-refractivity contribution in [3.8, 4) is 0 Å². The van der Waals surface area contributed by atoms with Crippen molar-refractivity contribution in [2.24, 2.45) is 0 Å². The maximum atomic E-state index is 12.3. The van der Waals surface area contributed by atoms with Crippen LogP contribution in [0, 0.1) is 13.8 Å². The smallest absolute Gasteiger partial charge is 0.266 e. The Morgan fingerprint density at radius 3 is 2.85 bits per heavy atom. The van der Waals surface area contributed by atoms with Crippen LogP contribution >= 0.6 is 24.0 Å². The van der Waals surface area contributed by atoms with Gasteiger partial charge in [-0.1, -0.05) is 47.7 Å². The first-order valence-corrected chi connectivity index (χ1v) is 7.57. The van der Waals surface area contributed by atoms with Gasteiger partial charge in [-0.25, -0.2) is 0 Å². The van der Waals surface area contributed by atoms with Crippen LogP contribution in [0.3, 0.4) is 0 Å². The molecular formula is C15H17NO2S2. The molecule has 0 bridgehead atoms. The van der Waals surface area contributed by atoms with Gasteiger partial charge in [-0.15, -0.1) is 0 Å². The molecule has 0 atom stereocenters. The fraction of sp³-hybridized carbons (Fsp3) is 0.333. The van der Waals surface area contributed by atoms with E-state index < -0.39 is 0 Å². The summed E-state index contributed by atoms with van der Waals surface area (Å²) >= 11 is 6.61. The number of amides is 1. The molecule has 1 aliphatic heterocycles. The van der Waals surface area contributed by atoms with Crippen LogP contribution in [-0.4, -0.2) is 35.4 Å². The molecule has 0 radical (unpaired) electrons. The van der Waals surface area contributed by atoms with Gasteiger partial charge in [0.1, 0.15) is 4.32 Å². The average Bonchev–Trinajstić information content (AvgIpc) is 2.67. The third-order valence-electron chi connectivity index (χ3n) is 3.11. The SMILES string of the molecule is COCCN1C(=O)C(=Cc2cc(C)ccc2C)SC1=S. The van der Waals surface area contributed by atoms with E-state index in [4.69, 9.17) is 17.0 Å². The second-order valence-corrected chi connectivity index (χ2v) is 6.36. The van der Waals surface area contributed by atoms with Crippen LogP contribution < -0.4 is 0 Å². The molecule has 1 aromatic carbocycles. The number of nitrogens with zero attached hydrogens (tertiary/aromatic N) is 1. The van der Waals surface area contributed by atoms with E-state index >= 15 is 0 Å². The Balaban J connectivity index is 2.25. The van der Waals surface area contributed by atoms with Crippen LogP contribution in [0.5, 0.6) is 0 Å². The molecule has 0 N–H and O–H groups in total. The maximum absolute atomic E-state index is 12.3. The predicted molar refractivity (Wildman–Crippen MR) is 87.7 cm³/mol. The minimum atomic E-state index is -0.0297. The number of ether oxygens (including phenoxy) is 1. The molecule has 1 amide bonds. The van der Waals surface area contributed by atoms with Crippen molar-refractivity contribution < 1.29 is 9.53 Å². The quantitative estimate of drug-likeness (QED) is 0.631. The summed E-state index contributed by atoms with van der Waals surface area (Å²) in [6.45, 7) is 5.08. The van der Waals surface area contributed by atoms with Gasteiger partial charge in [0.05, 0.1) is 18.1 Å². The summed E-state index contributed by atoms with van der Waals surface area (Å²) in [5, 5.41) is 0. The molecule has 0 spiro atoms. The highest BCUT2D eigenvalue weighted by molar-refractivity contribution is 8.26. The molecule has 1 saturated heterocycles. The van der Waals surface area contributed by atoms with E-state index in [9.17, 15) is 4.79 Å². The largest absolute Gasteiger partial charge is 0.383 e. The van der Waals surface area contributed by atoms with Crippen molar-refractivity contribution in [2.45, 2.75) is 13.8 Å². The van der Waals surface area contributed by atoms with Crippen molar-refractivity contribution >= 4 is 40.3 Å². The van der Waals surface area contributed by atoms with Crippen molar-refractivity contribution in [3.05, 3.63) is 39.8 Å². The number of thioether (sulfide) groups is 1. The van der Waals surface area contributed by atoms with E-state index in [2.05, 4.69) is 18.2 Å². The lowest BCUT2D eigenvalue weighted by Crippen LogP contribution is -2.31. The highest BCUT2D eigenvalue weighted by atomic mass is 32.2. The topological polar surface area (TPSA) is 29.5 Å². The molecule has 20 heavy (non-hydrogen) atoms. The van der Waals surface area contributed by atoms with E-state index in [1.807, 2.05) is 19.9 Å². The maximum Gasteiger partial charge on any atom is 0.266 e. The summed E-state index contributed by atoms with van der Waals surface area (Å²) in [5.74, 6) is -0.0297. The summed E-state index contributed by atoms with van der Waals surface area (Å²) in [7, 11) is 1.61. The Morgan fingerprint density at radius 1 is 1.40 bits per heavy atom. The summed E-state index contributed by atoms with van der Waals surface area (Å²) in [5.41, 5.74) is 3.40. The second-order valence-electron chi connectivity index (χ2n) is 4.69. The van der Waals surface area contributed by atoms with Crippen LogP contribution in [0.1, 0.15) is 16.7 Å². The second kappa shape index (κ2) is 6.52. The van der Waals surface area contributed by atoms with Gasteiger partial charge >= 0.3 is 0 Å². The molecule has 0 unspecified atom stereocenters. The number of methoxy groups -OCH3 is 1. The summed E-state index contributed by atoms with van der Waals surface area (Å²) < 4.78 is 5.61. The third kappa shape index (κ3) is 3.29. The molecule has 0 aliphatic carbocycles. The van der Waals surface area contributed by atoms with Crippen molar-refractivity contribution in [3.63, 3.8) is 0 Å². The molecule has 5 heteroatoms. The van der Waals surface area contributed by atoms with Gasteiger partial charge in [0, 0.05) is 7.11 Å². The van der Waals surface area contributed by atoms with Gasteiger partial charge in [-0.05, 0) is 31.1 Å². The predicted octanol–water partition coefficient (Wildman–Crippen LogP) is 3.15. The molecule has 0 aromatic heterocycles. The third-order valence-corrected chi connectivity index (χ3v) is 4.49. The first-order chi connectivity index (χ1) is 9.52. The normalized spacial score (nSPS) is 17.4. The first kappa shape index (κ1) is 15.2. The van der Waals surface area contributed by atoms with Crippen LogP contribution in [0.25, 0.3) is 6.08 Å². The van der Waals surface area contributed by atoms with E-state index in [1.165, 1.54) is 17.3 Å². The monoisotopic (exact) mass is 307 g/mol. The standard InChI is InChI=1S/C15H17NO2S2/c1-10-4-5-11(2)12(8-10)9-13-14(17)16(6-7-18-3)15(19)20-13/h4-5,8-9H,6-7H2,1-3H3. The lowest BCUT2D eigenvalue weighted by atomic mass is 10.1. The Hall–Kier alpha value is -1.17. The Morgan fingerprint density at radius 2 is 2.15 bits per heavy atom. The van der Waals surface area contributed by atoms with Crippen LogP contribution in [0.4, 0.5) is 0 Å². The zero-order valence-corrected chi connectivity index (χ0v) is 13.4. The zero-order chi connectivity index (χ0) is 14.7.